The predicted octanol–water partition coefficient (Wildman–Crippen LogP) is 2.10. The maximum atomic E-state index is 12.3. The van der Waals surface area contributed by atoms with E-state index in [1.807, 2.05) is 30.3 Å². The molecule has 2 aromatic heterocycles. The fourth-order valence-electron chi connectivity index (χ4n) is 2.00. The van der Waals surface area contributed by atoms with Gasteiger partial charge in [-0.15, -0.1) is 0 Å². The Labute approximate surface area is 115 Å². The number of pyridine rings is 1. The fraction of sp³-hybridized carbons (Fsp3) is 0.0714. The van der Waals surface area contributed by atoms with Crippen LogP contribution < -0.4 is 11.1 Å². The third-order valence-corrected chi connectivity index (χ3v) is 3.12. The number of anilines is 2. The summed E-state index contributed by atoms with van der Waals surface area (Å²) in [6.07, 6.45) is 1.61. The van der Waals surface area contributed by atoms with Crippen molar-refractivity contribution in [1.29, 1.82) is 0 Å². The summed E-state index contributed by atoms with van der Waals surface area (Å²) in [5, 5.41) is 11.1. The molecular weight excluding hydrogens is 254 g/mol. The van der Waals surface area contributed by atoms with Crippen LogP contribution in [0.5, 0.6) is 0 Å². The van der Waals surface area contributed by atoms with Gasteiger partial charge in [0.25, 0.3) is 5.91 Å². The smallest absolute Gasteiger partial charge is 0.276 e. The van der Waals surface area contributed by atoms with Crippen molar-refractivity contribution in [2.24, 2.45) is 0 Å². The molecule has 3 rings (SSSR count). The van der Waals surface area contributed by atoms with Crippen LogP contribution in [0.4, 0.5) is 11.5 Å². The first kappa shape index (κ1) is 12.2. The molecule has 0 saturated carbocycles. The van der Waals surface area contributed by atoms with Gasteiger partial charge in [-0.1, -0.05) is 24.3 Å². The molecule has 1 aromatic carbocycles. The van der Waals surface area contributed by atoms with Crippen LogP contribution in [0, 0.1) is 6.92 Å². The van der Waals surface area contributed by atoms with Crippen molar-refractivity contribution in [3.05, 3.63) is 47.9 Å². The fourth-order valence-corrected chi connectivity index (χ4v) is 2.00. The average Bonchev–Trinajstić information content (AvgIpc) is 2.78. The molecule has 0 aliphatic rings. The highest BCUT2D eigenvalue weighted by Crippen LogP contribution is 2.21. The highest BCUT2D eigenvalue weighted by Gasteiger charge is 2.15. The molecule has 0 bridgehead atoms. The number of aryl methyl sites for hydroxylation is 1. The number of hydrogen-bond acceptors (Lipinski definition) is 4. The number of carbonyl (C=O) groups is 1. The lowest BCUT2D eigenvalue weighted by atomic mass is 10.1. The molecule has 20 heavy (non-hydrogen) atoms. The van der Waals surface area contributed by atoms with Crippen molar-refractivity contribution in [2.45, 2.75) is 6.92 Å². The van der Waals surface area contributed by atoms with E-state index in [0.717, 1.165) is 10.8 Å². The Bertz CT molecular complexity index is 788. The SMILES string of the molecule is Cc1[nH]nc(NC(=O)c2nccc3ccccc23)c1N. The molecule has 100 valence electrons. The second-order valence-corrected chi connectivity index (χ2v) is 4.45. The summed E-state index contributed by atoms with van der Waals surface area (Å²) in [6, 6.07) is 9.43. The molecule has 3 aromatic rings. The first-order valence-electron chi connectivity index (χ1n) is 6.12. The molecule has 0 spiro atoms. The van der Waals surface area contributed by atoms with E-state index in [2.05, 4.69) is 20.5 Å². The minimum atomic E-state index is -0.333. The number of hydrogen-bond donors (Lipinski definition) is 3. The molecule has 6 heteroatoms. The van der Waals surface area contributed by atoms with E-state index in [4.69, 9.17) is 5.73 Å². The van der Waals surface area contributed by atoms with Crippen LogP contribution in [-0.4, -0.2) is 21.1 Å². The number of carbonyl (C=O) groups excluding carboxylic acids is 1. The summed E-state index contributed by atoms with van der Waals surface area (Å²) in [4.78, 5) is 16.5. The number of nitrogens with two attached hydrogens (primary N) is 1. The zero-order valence-corrected chi connectivity index (χ0v) is 10.8. The third-order valence-electron chi connectivity index (χ3n) is 3.12. The largest absolute Gasteiger partial charge is 0.394 e. The van der Waals surface area contributed by atoms with Gasteiger partial charge >= 0.3 is 0 Å². The zero-order chi connectivity index (χ0) is 14.1. The van der Waals surface area contributed by atoms with Crippen molar-refractivity contribution in [3.63, 3.8) is 0 Å². The van der Waals surface area contributed by atoms with Gasteiger partial charge in [0, 0.05) is 11.6 Å². The van der Waals surface area contributed by atoms with E-state index in [9.17, 15) is 4.79 Å². The average molecular weight is 267 g/mol. The lowest BCUT2D eigenvalue weighted by Crippen LogP contribution is -2.15. The van der Waals surface area contributed by atoms with Crippen molar-refractivity contribution in [1.82, 2.24) is 15.2 Å². The monoisotopic (exact) mass is 267 g/mol. The van der Waals surface area contributed by atoms with Crippen LogP contribution in [0.1, 0.15) is 16.2 Å². The summed E-state index contributed by atoms with van der Waals surface area (Å²) in [5.41, 5.74) is 7.31. The first-order valence-corrected chi connectivity index (χ1v) is 6.12. The second kappa shape index (κ2) is 4.65. The van der Waals surface area contributed by atoms with Crippen LogP contribution in [-0.2, 0) is 0 Å². The Morgan fingerprint density at radius 3 is 2.85 bits per heavy atom. The molecule has 6 nitrogen and oxygen atoms in total. The minimum absolute atomic E-state index is 0.322. The summed E-state index contributed by atoms with van der Waals surface area (Å²) < 4.78 is 0. The Morgan fingerprint density at radius 1 is 1.30 bits per heavy atom. The van der Waals surface area contributed by atoms with Crippen LogP contribution in [0.3, 0.4) is 0 Å². The lowest BCUT2D eigenvalue weighted by Gasteiger charge is -2.05. The molecule has 0 aliphatic carbocycles. The highest BCUT2D eigenvalue weighted by molar-refractivity contribution is 6.11. The standard InChI is InChI=1S/C14H13N5O/c1-8-11(15)13(19-18-8)17-14(20)12-10-5-3-2-4-9(10)6-7-16-12/h2-7H,15H2,1H3,(H2,17,18,19,20). The van der Waals surface area contributed by atoms with Crippen LogP contribution in [0.15, 0.2) is 36.5 Å². The first-order chi connectivity index (χ1) is 9.66. The molecular formula is C14H13N5O. The number of nitrogens with one attached hydrogen (secondary N) is 2. The number of fused-ring (bicyclic) bond motifs is 1. The predicted molar refractivity (Wildman–Crippen MR) is 77.4 cm³/mol. The summed E-state index contributed by atoms with van der Waals surface area (Å²) in [6.45, 7) is 1.79. The summed E-state index contributed by atoms with van der Waals surface area (Å²) in [5.74, 6) is -0.0118. The Morgan fingerprint density at radius 2 is 2.10 bits per heavy atom. The molecule has 4 N–H and O–H groups in total. The topological polar surface area (TPSA) is 96.7 Å². The number of amides is 1. The van der Waals surface area contributed by atoms with Gasteiger partial charge in [0.05, 0.1) is 11.4 Å². The Balaban J connectivity index is 1.99. The van der Waals surface area contributed by atoms with Crippen LogP contribution >= 0.6 is 0 Å². The molecule has 0 saturated heterocycles. The van der Waals surface area contributed by atoms with Gasteiger partial charge in [-0.2, -0.15) is 5.10 Å². The van der Waals surface area contributed by atoms with E-state index >= 15 is 0 Å². The molecule has 0 aliphatic heterocycles. The minimum Gasteiger partial charge on any atom is -0.394 e. The number of nitrogen functional groups attached to an aromatic ring is 1. The number of benzene rings is 1. The van der Waals surface area contributed by atoms with Crippen molar-refractivity contribution in [2.75, 3.05) is 11.1 Å². The normalized spacial score (nSPS) is 10.7. The van der Waals surface area contributed by atoms with Gasteiger partial charge in [-0.25, -0.2) is 0 Å². The van der Waals surface area contributed by atoms with Crippen molar-refractivity contribution < 1.29 is 4.79 Å². The third kappa shape index (κ3) is 1.97. The lowest BCUT2D eigenvalue weighted by molar-refractivity contribution is 0.102. The summed E-state index contributed by atoms with van der Waals surface area (Å²) in [7, 11) is 0. The Kier molecular flexibility index (Phi) is 2.83. The van der Waals surface area contributed by atoms with Crippen molar-refractivity contribution >= 4 is 28.2 Å². The highest BCUT2D eigenvalue weighted by atomic mass is 16.2. The van der Waals surface area contributed by atoms with Crippen molar-refractivity contribution in [3.8, 4) is 0 Å². The number of aromatic amines is 1. The maximum Gasteiger partial charge on any atom is 0.276 e. The van der Waals surface area contributed by atoms with Gasteiger partial charge in [-0.3, -0.25) is 14.9 Å². The second-order valence-electron chi connectivity index (χ2n) is 4.45. The number of nitrogens with zero attached hydrogens (tertiary/aromatic N) is 2. The van der Waals surface area contributed by atoms with Gasteiger partial charge in [-0.05, 0) is 18.4 Å². The Hall–Kier alpha value is -2.89. The van der Waals surface area contributed by atoms with Crippen LogP contribution in [0.25, 0.3) is 10.8 Å². The van der Waals surface area contributed by atoms with Gasteiger partial charge in [0.1, 0.15) is 5.69 Å². The summed E-state index contributed by atoms with van der Waals surface area (Å²) >= 11 is 0. The van der Waals surface area contributed by atoms with E-state index in [0.29, 0.717) is 22.9 Å². The van der Waals surface area contributed by atoms with Crippen LogP contribution in [0.2, 0.25) is 0 Å². The molecule has 2 heterocycles. The number of rotatable bonds is 2. The molecule has 0 atom stereocenters. The quantitative estimate of drug-likeness (QED) is 0.662. The van der Waals surface area contributed by atoms with Gasteiger partial charge in [0.15, 0.2) is 5.82 Å². The molecule has 0 radical (unpaired) electrons. The van der Waals surface area contributed by atoms with Gasteiger partial charge in [0.2, 0.25) is 0 Å². The van der Waals surface area contributed by atoms with E-state index in [-0.39, 0.29) is 5.91 Å². The van der Waals surface area contributed by atoms with E-state index in [1.165, 1.54) is 0 Å². The molecule has 0 fully saturated rings. The molecule has 0 unspecified atom stereocenters. The molecule has 1 amide bonds. The van der Waals surface area contributed by atoms with E-state index in [1.54, 1.807) is 13.1 Å². The van der Waals surface area contributed by atoms with E-state index < -0.39 is 0 Å². The maximum absolute atomic E-state index is 12.3. The van der Waals surface area contributed by atoms with Gasteiger partial charge < -0.3 is 11.1 Å². The number of aromatic nitrogens is 3. The number of H-pyrrole nitrogens is 1. The zero-order valence-electron chi connectivity index (χ0n) is 10.8.